The first-order chi connectivity index (χ1) is 5.24. The van der Waals surface area contributed by atoms with Crippen LogP contribution in [0.1, 0.15) is 12.8 Å². The maximum atomic E-state index is 10.2. The van der Waals surface area contributed by atoms with Crippen molar-refractivity contribution in [2.24, 2.45) is 0 Å². The molecule has 0 spiro atoms. The van der Waals surface area contributed by atoms with Gasteiger partial charge in [-0.1, -0.05) is 6.08 Å². The van der Waals surface area contributed by atoms with Crippen LogP contribution in [-0.4, -0.2) is 20.8 Å². The molecule has 1 aliphatic rings. The van der Waals surface area contributed by atoms with Crippen molar-refractivity contribution >= 4 is 12.0 Å². The largest absolute Gasteiger partial charge is 0.329 e. The molecule has 0 aliphatic heterocycles. The lowest BCUT2D eigenvalue weighted by Gasteiger charge is -2.14. The Balaban J connectivity index is 2.49. The number of hydrogen-bond acceptors (Lipinski definition) is 4. The minimum atomic E-state index is -0.543. The van der Waals surface area contributed by atoms with E-state index < -0.39 is 6.04 Å². The number of nitrogens with zero attached hydrogens (tertiary/aromatic N) is 1. The van der Waals surface area contributed by atoms with E-state index in [1.165, 1.54) is 0 Å². The lowest BCUT2D eigenvalue weighted by atomic mass is 10.0. The minimum Gasteiger partial charge on any atom is -0.329 e. The summed E-state index contributed by atoms with van der Waals surface area (Å²) >= 11 is 0.750. The van der Waals surface area contributed by atoms with Gasteiger partial charge in [0, 0.05) is 16.6 Å². The third-order valence-corrected chi connectivity index (χ3v) is 2.36. The zero-order valence-electron chi connectivity index (χ0n) is 5.84. The number of nitro groups is 1. The predicted molar refractivity (Wildman–Crippen MR) is 43.2 cm³/mol. The lowest BCUT2D eigenvalue weighted by molar-refractivity contribution is -0.510. The lowest BCUT2D eigenvalue weighted by Crippen LogP contribution is -2.22. The molecule has 0 saturated heterocycles. The van der Waals surface area contributed by atoms with E-state index in [2.05, 4.69) is 0 Å². The van der Waals surface area contributed by atoms with E-state index in [0.717, 1.165) is 12.0 Å². The molecule has 0 heterocycles. The Hall–Kier alpha value is -0.550. The standard InChI is InChI=1S/C6H9NO3S/c8-7(9)5-1-3-6(11-10)4-2-5/h1,3,5-6,10H,2,4H2. The van der Waals surface area contributed by atoms with E-state index in [-0.39, 0.29) is 10.2 Å². The fraction of sp³-hybridized carbons (Fsp3) is 0.667. The highest BCUT2D eigenvalue weighted by molar-refractivity contribution is 7.94. The first-order valence-electron chi connectivity index (χ1n) is 3.36. The van der Waals surface area contributed by atoms with E-state index in [4.69, 9.17) is 4.55 Å². The van der Waals surface area contributed by atoms with Gasteiger partial charge in [0.05, 0.1) is 0 Å². The Morgan fingerprint density at radius 2 is 2.27 bits per heavy atom. The Bertz CT molecular complexity index is 183. The molecule has 1 rings (SSSR count). The Kier molecular flexibility index (Phi) is 2.90. The molecule has 2 unspecified atom stereocenters. The normalized spacial score (nSPS) is 30.3. The quantitative estimate of drug-likeness (QED) is 0.299. The predicted octanol–water partition coefficient (Wildman–Crippen LogP) is 1.56. The van der Waals surface area contributed by atoms with Crippen molar-refractivity contribution in [3.8, 4) is 0 Å². The van der Waals surface area contributed by atoms with Crippen molar-refractivity contribution in [1.29, 1.82) is 0 Å². The smallest absolute Gasteiger partial charge is 0.231 e. The number of hydrogen-bond donors (Lipinski definition) is 1. The number of rotatable bonds is 2. The van der Waals surface area contributed by atoms with Gasteiger partial charge in [-0.05, 0) is 24.5 Å². The summed E-state index contributed by atoms with van der Waals surface area (Å²) in [6.45, 7) is 0. The van der Waals surface area contributed by atoms with Crippen molar-refractivity contribution in [2.75, 3.05) is 0 Å². The van der Waals surface area contributed by atoms with Crippen LogP contribution in [0.25, 0.3) is 0 Å². The van der Waals surface area contributed by atoms with Gasteiger partial charge in [-0.25, -0.2) is 0 Å². The van der Waals surface area contributed by atoms with Gasteiger partial charge in [-0.15, -0.1) is 0 Å². The van der Waals surface area contributed by atoms with Crippen LogP contribution in [0.4, 0.5) is 0 Å². The molecule has 0 bridgehead atoms. The molecule has 1 N–H and O–H groups in total. The second-order valence-corrected chi connectivity index (χ2v) is 3.28. The first-order valence-corrected chi connectivity index (χ1v) is 4.19. The monoisotopic (exact) mass is 175 g/mol. The molecule has 0 aromatic heterocycles. The van der Waals surface area contributed by atoms with Gasteiger partial charge in [0.2, 0.25) is 6.04 Å². The van der Waals surface area contributed by atoms with Crippen molar-refractivity contribution in [3.63, 3.8) is 0 Å². The van der Waals surface area contributed by atoms with E-state index in [0.29, 0.717) is 12.8 Å². The van der Waals surface area contributed by atoms with Crippen LogP contribution in [0, 0.1) is 10.1 Å². The SMILES string of the molecule is O=[N+]([O-])C1C=CC(SO)CC1. The maximum Gasteiger partial charge on any atom is 0.231 e. The average molecular weight is 175 g/mol. The van der Waals surface area contributed by atoms with Gasteiger partial charge in [0.1, 0.15) is 0 Å². The molecule has 62 valence electrons. The Morgan fingerprint density at radius 1 is 1.55 bits per heavy atom. The third kappa shape index (κ3) is 2.20. The minimum absolute atomic E-state index is 0.0474. The summed E-state index contributed by atoms with van der Waals surface area (Å²) < 4.78 is 8.61. The first kappa shape index (κ1) is 8.55. The summed E-state index contributed by atoms with van der Waals surface area (Å²) in [5.74, 6) is 0. The van der Waals surface area contributed by atoms with Gasteiger partial charge in [-0.2, -0.15) is 0 Å². The van der Waals surface area contributed by atoms with E-state index >= 15 is 0 Å². The van der Waals surface area contributed by atoms with Gasteiger partial charge in [0.25, 0.3) is 0 Å². The zero-order chi connectivity index (χ0) is 8.27. The summed E-state index contributed by atoms with van der Waals surface area (Å²) in [4.78, 5) is 9.94. The summed E-state index contributed by atoms with van der Waals surface area (Å²) in [7, 11) is 0. The second-order valence-electron chi connectivity index (χ2n) is 2.46. The van der Waals surface area contributed by atoms with Crippen LogP contribution in [0.3, 0.4) is 0 Å². The van der Waals surface area contributed by atoms with Gasteiger partial charge in [0.15, 0.2) is 0 Å². The molecule has 1 aliphatic carbocycles. The van der Waals surface area contributed by atoms with Gasteiger partial charge in [-0.3, -0.25) is 10.1 Å². The van der Waals surface area contributed by atoms with Crippen molar-refractivity contribution in [1.82, 2.24) is 0 Å². The molecule has 0 fully saturated rings. The third-order valence-electron chi connectivity index (χ3n) is 1.70. The highest BCUT2D eigenvalue weighted by atomic mass is 32.2. The molecule has 5 heteroatoms. The molecule has 2 atom stereocenters. The van der Waals surface area contributed by atoms with E-state index in [1.807, 2.05) is 0 Å². The summed E-state index contributed by atoms with van der Waals surface area (Å²) in [6, 6.07) is -0.543. The highest BCUT2D eigenvalue weighted by Crippen LogP contribution is 2.21. The van der Waals surface area contributed by atoms with Crippen LogP contribution in [0.2, 0.25) is 0 Å². The van der Waals surface area contributed by atoms with Crippen LogP contribution in [0.15, 0.2) is 12.2 Å². The second kappa shape index (κ2) is 3.73. The molecule has 0 amide bonds. The van der Waals surface area contributed by atoms with E-state index in [1.54, 1.807) is 12.2 Å². The van der Waals surface area contributed by atoms with Crippen molar-refractivity contribution in [3.05, 3.63) is 22.3 Å². The molecule has 0 aromatic carbocycles. The fourth-order valence-electron chi connectivity index (χ4n) is 1.04. The van der Waals surface area contributed by atoms with E-state index in [9.17, 15) is 10.1 Å². The molecule has 0 aromatic rings. The van der Waals surface area contributed by atoms with Crippen LogP contribution in [0.5, 0.6) is 0 Å². The maximum absolute atomic E-state index is 10.2. The summed E-state index contributed by atoms with van der Waals surface area (Å²) in [5, 5.41) is 10.3. The molecule has 11 heavy (non-hydrogen) atoms. The Morgan fingerprint density at radius 3 is 2.64 bits per heavy atom. The summed E-state index contributed by atoms with van der Waals surface area (Å²) in [5.41, 5.74) is 0. The average Bonchev–Trinajstić information content (AvgIpc) is 2.05. The van der Waals surface area contributed by atoms with Crippen molar-refractivity contribution < 1.29 is 9.48 Å². The van der Waals surface area contributed by atoms with Crippen LogP contribution in [-0.2, 0) is 0 Å². The van der Waals surface area contributed by atoms with Crippen LogP contribution >= 0.6 is 12.0 Å². The molecule has 0 saturated carbocycles. The molecule has 0 radical (unpaired) electrons. The Labute approximate surface area is 68.6 Å². The molecular formula is C6H9NO3S. The zero-order valence-corrected chi connectivity index (χ0v) is 6.66. The summed E-state index contributed by atoms with van der Waals surface area (Å²) in [6.07, 6.45) is 4.46. The van der Waals surface area contributed by atoms with Crippen LogP contribution < -0.4 is 0 Å². The highest BCUT2D eigenvalue weighted by Gasteiger charge is 2.22. The molecular weight excluding hydrogens is 166 g/mol. The van der Waals surface area contributed by atoms with Crippen molar-refractivity contribution in [2.45, 2.75) is 24.1 Å². The fourth-order valence-corrected chi connectivity index (χ4v) is 1.45. The van der Waals surface area contributed by atoms with Gasteiger partial charge >= 0.3 is 0 Å². The van der Waals surface area contributed by atoms with Gasteiger partial charge < -0.3 is 4.55 Å². The molecule has 4 nitrogen and oxygen atoms in total. The topological polar surface area (TPSA) is 63.4 Å².